The van der Waals surface area contributed by atoms with Crippen LogP contribution in [-0.4, -0.2) is 42.4 Å². The summed E-state index contributed by atoms with van der Waals surface area (Å²) in [6, 6.07) is 6.05. The van der Waals surface area contributed by atoms with Crippen molar-refractivity contribution in [1.82, 2.24) is 10.2 Å². The molecule has 0 bridgehead atoms. The summed E-state index contributed by atoms with van der Waals surface area (Å²) in [5.41, 5.74) is 0.499. The number of methoxy groups -OCH3 is 3. The Morgan fingerprint density at radius 1 is 1.17 bits per heavy atom. The molecule has 12 heteroatoms. The molecule has 0 spiro atoms. The minimum atomic E-state index is -0.536. The first kappa shape index (κ1) is 20.8. The first-order valence-corrected chi connectivity index (χ1v) is 9.14. The Kier molecular flexibility index (Phi) is 6.27. The molecule has 0 aliphatic rings. The van der Waals surface area contributed by atoms with Gasteiger partial charge < -0.3 is 18.6 Å². The minimum Gasteiger partial charge on any atom is -0.493 e. The number of benzene rings is 1. The van der Waals surface area contributed by atoms with Gasteiger partial charge in [-0.3, -0.25) is 20.2 Å². The standard InChI is InChI=1S/C18H16N4O7S/c1-26-12-8-10(9-13(27-2)16(12)28-3)17-20-21-18(29-17)19-14(23)6-4-11-5-7-15(30-11)22(24)25/h4-9H,1-3H3,(H,19,21,23)/b6-4+. The van der Waals surface area contributed by atoms with E-state index in [1.54, 1.807) is 18.2 Å². The average molecular weight is 432 g/mol. The normalized spacial score (nSPS) is 10.8. The number of rotatable bonds is 8. The fourth-order valence-corrected chi connectivity index (χ4v) is 3.15. The number of anilines is 1. The van der Waals surface area contributed by atoms with Gasteiger partial charge in [-0.05, 0) is 24.3 Å². The van der Waals surface area contributed by atoms with Gasteiger partial charge in [0.2, 0.25) is 11.6 Å². The molecule has 3 rings (SSSR count). The van der Waals surface area contributed by atoms with E-state index in [0.717, 1.165) is 11.3 Å². The van der Waals surface area contributed by atoms with Crippen LogP contribution in [0.3, 0.4) is 0 Å². The first-order valence-electron chi connectivity index (χ1n) is 8.32. The van der Waals surface area contributed by atoms with E-state index in [1.807, 2.05) is 0 Å². The van der Waals surface area contributed by atoms with Crippen LogP contribution in [0, 0.1) is 10.1 Å². The predicted octanol–water partition coefficient (Wildman–Crippen LogP) is 3.38. The number of carbonyl (C=O) groups excluding carboxylic acids is 1. The highest BCUT2D eigenvalue weighted by Gasteiger charge is 2.18. The topological polar surface area (TPSA) is 139 Å². The van der Waals surface area contributed by atoms with E-state index < -0.39 is 10.8 Å². The lowest BCUT2D eigenvalue weighted by Gasteiger charge is -2.12. The molecule has 0 saturated carbocycles. The molecule has 3 aromatic rings. The number of aromatic nitrogens is 2. The Morgan fingerprint density at radius 2 is 1.87 bits per heavy atom. The van der Waals surface area contributed by atoms with Crippen LogP contribution in [0.4, 0.5) is 11.0 Å². The molecule has 1 amide bonds. The second-order valence-electron chi connectivity index (χ2n) is 5.58. The monoisotopic (exact) mass is 432 g/mol. The number of nitrogens with zero attached hydrogens (tertiary/aromatic N) is 3. The second kappa shape index (κ2) is 9.05. The summed E-state index contributed by atoms with van der Waals surface area (Å²) in [5.74, 6) is 0.816. The van der Waals surface area contributed by atoms with Crippen LogP contribution in [-0.2, 0) is 4.79 Å². The van der Waals surface area contributed by atoms with E-state index >= 15 is 0 Å². The maximum Gasteiger partial charge on any atom is 0.324 e. The summed E-state index contributed by atoms with van der Waals surface area (Å²) in [7, 11) is 4.45. The molecular weight excluding hydrogens is 416 g/mol. The molecule has 0 saturated heterocycles. The predicted molar refractivity (Wildman–Crippen MR) is 108 cm³/mol. The molecule has 11 nitrogen and oxygen atoms in total. The lowest BCUT2D eigenvalue weighted by Crippen LogP contribution is -2.07. The number of hydrogen-bond donors (Lipinski definition) is 1. The zero-order valence-electron chi connectivity index (χ0n) is 16.1. The summed E-state index contributed by atoms with van der Waals surface area (Å²) in [6.45, 7) is 0. The van der Waals surface area contributed by atoms with Crippen LogP contribution in [0.1, 0.15) is 4.88 Å². The average Bonchev–Trinajstić information content (AvgIpc) is 3.41. The molecule has 1 aromatic carbocycles. The quantitative estimate of drug-likeness (QED) is 0.322. The molecular formula is C18H16N4O7S. The summed E-state index contributed by atoms with van der Waals surface area (Å²) < 4.78 is 21.3. The third kappa shape index (κ3) is 4.55. The van der Waals surface area contributed by atoms with Crippen molar-refractivity contribution in [3.63, 3.8) is 0 Å². The number of carbonyl (C=O) groups is 1. The summed E-state index contributed by atoms with van der Waals surface area (Å²) in [5, 5.41) is 20.8. The van der Waals surface area contributed by atoms with Crippen molar-refractivity contribution in [1.29, 1.82) is 0 Å². The molecule has 0 radical (unpaired) electrons. The van der Waals surface area contributed by atoms with Crippen molar-refractivity contribution >= 4 is 34.3 Å². The number of ether oxygens (including phenoxy) is 3. The van der Waals surface area contributed by atoms with Crippen molar-refractivity contribution in [3.8, 4) is 28.7 Å². The summed E-state index contributed by atoms with van der Waals surface area (Å²) in [6.07, 6.45) is 2.66. The number of nitro groups is 1. The highest BCUT2D eigenvalue weighted by Crippen LogP contribution is 2.41. The zero-order chi connectivity index (χ0) is 21.7. The number of hydrogen-bond acceptors (Lipinski definition) is 10. The molecule has 0 aliphatic carbocycles. The minimum absolute atomic E-state index is 0.0121. The molecule has 0 fully saturated rings. The second-order valence-corrected chi connectivity index (χ2v) is 6.68. The fraction of sp³-hybridized carbons (Fsp3) is 0.167. The number of amides is 1. The van der Waals surface area contributed by atoms with Crippen molar-refractivity contribution in [3.05, 3.63) is 45.3 Å². The third-order valence-electron chi connectivity index (χ3n) is 3.76. The van der Waals surface area contributed by atoms with Gasteiger partial charge in [0.1, 0.15) is 0 Å². The molecule has 0 atom stereocenters. The fourth-order valence-electron chi connectivity index (χ4n) is 2.43. The maximum atomic E-state index is 12.0. The van der Waals surface area contributed by atoms with Gasteiger partial charge >= 0.3 is 11.0 Å². The molecule has 2 aromatic heterocycles. The zero-order valence-corrected chi connectivity index (χ0v) is 16.9. The van der Waals surface area contributed by atoms with Gasteiger partial charge in [-0.15, -0.1) is 5.10 Å². The van der Waals surface area contributed by atoms with Crippen LogP contribution in [0.2, 0.25) is 0 Å². The smallest absolute Gasteiger partial charge is 0.324 e. The first-order chi connectivity index (χ1) is 14.4. The van der Waals surface area contributed by atoms with Gasteiger partial charge in [0, 0.05) is 22.6 Å². The van der Waals surface area contributed by atoms with E-state index in [0.29, 0.717) is 27.7 Å². The molecule has 1 N–H and O–H groups in total. The molecule has 0 unspecified atom stereocenters. The van der Waals surface area contributed by atoms with E-state index in [2.05, 4.69) is 15.5 Å². The van der Waals surface area contributed by atoms with Crippen molar-refractivity contribution in [2.75, 3.05) is 26.6 Å². The van der Waals surface area contributed by atoms with E-state index in [9.17, 15) is 14.9 Å². The Hall–Kier alpha value is -3.93. The summed E-state index contributed by atoms with van der Waals surface area (Å²) >= 11 is 0.949. The van der Waals surface area contributed by atoms with Gasteiger partial charge in [-0.2, -0.15) is 0 Å². The maximum absolute atomic E-state index is 12.0. The van der Waals surface area contributed by atoms with Crippen LogP contribution in [0.15, 0.2) is 34.8 Å². The van der Waals surface area contributed by atoms with Gasteiger partial charge in [0.15, 0.2) is 11.5 Å². The number of nitrogens with one attached hydrogen (secondary N) is 1. The SMILES string of the molecule is COc1cc(-c2nnc(NC(=O)/C=C/c3ccc([N+](=O)[O-])s3)o2)cc(OC)c1OC. The molecule has 156 valence electrons. The van der Waals surface area contributed by atoms with Crippen molar-refractivity contribution < 1.29 is 28.3 Å². The van der Waals surface area contributed by atoms with Gasteiger partial charge in [-0.1, -0.05) is 16.4 Å². The lowest BCUT2D eigenvalue weighted by molar-refractivity contribution is -0.380. The Balaban J connectivity index is 1.74. The van der Waals surface area contributed by atoms with Crippen LogP contribution >= 0.6 is 11.3 Å². The van der Waals surface area contributed by atoms with E-state index in [4.69, 9.17) is 18.6 Å². The third-order valence-corrected chi connectivity index (χ3v) is 4.76. The largest absolute Gasteiger partial charge is 0.493 e. The Bertz CT molecular complexity index is 1080. The highest BCUT2D eigenvalue weighted by atomic mass is 32.1. The van der Waals surface area contributed by atoms with Gasteiger partial charge in [-0.25, -0.2) is 0 Å². The number of thiophene rings is 1. The van der Waals surface area contributed by atoms with Crippen LogP contribution in [0.25, 0.3) is 17.5 Å². The lowest BCUT2D eigenvalue weighted by atomic mass is 10.2. The van der Waals surface area contributed by atoms with Crippen molar-refractivity contribution in [2.45, 2.75) is 0 Å². The Labute approximate surface area is 174 Å². The molecule has 2 heterocycles. The van der Waals surface area contributed by atoms with Crippen LogP contribution in [0.5, 0.6) is 17.2 Å². The summed E-state index contributed by atoms with van der Waals surface area (Å²) in [4.78, 5) is 22.8. The van der Waals surface area contributed by atoms with E-state index in [-0.39, 0.29) is 16.9 Å². The van der Waals surface area contributed by atoms with Gasteiger partial charge in [0.05, 0.1) is 26.3 Å². The van der Waals surface area contributed by atoms with Crippen molar-refractivity contribution in [2.24, 2.45) is 0 Å². The Morgan fingerprint density at radius 3 is 2.43 bits per heavy atom. The highest BCUT2D eigenvalue weighted by molar-refractivity contribution is 7.16. The molecule has 0 aliphatic heterocycles. The van der Waals surface area contributed by atoms with Gasteiger partial charge in [0.25, 0.3) is 5.91 Å². The van der Waals surface area contributed by atoms with Crippen LogP contribution < -0.4 is 19.5 Å². The van der Waals surface area contributed by atoms with E-state index in [1.165, 1.54) is 39.5 Å². The molecule has 30 heavy (non-hydrogen) atoms.